The first-order valence-electron chi connectivity index (χ1n) is 3.81. The number of methoxy groups -OCH3 is 2. The molecule has 0 bridgehead atoms. The van der Waals surface area contributed by atoms with E-state index in [1.807, 2.05) is 0 Å². The molecule has 0 aromatic heterocycles. The third kappa shape index (κ3) is 1.90. The first-order valence-corrected chi connectivity index (χ1v) is 4.19. The van der Waals surface area contributed by atoms with Gasteiger partial charge in [0.2, 0.25) is 5.91 Å². The van der Waals surface area contributed by atoms with Gasteiger partial charge in [-0.3, -0.25) is 4.79 Å². The van der Waals surface area contributed by atoms with E-state index in [0.29, 0.717) is 11.5 Å². The highest BCUT2D eigenvalue weighted by molar-refractivity contribution is 6.34. The summed E-state index contributed by atoms with van der Waals surface area (Å²) in [6.45, 7) is 0. The molecule has 0 spiro atoms. The van der Waals surface area contributed by atoms with Crippen LogP contribution in [0.25, 0.3) is 0 Å². The van der Waals surface area contributed by atoms with E-state index in [4.69, 9.17) is 26.8 Å². The highest BCUT2D eigenvalue weighted by atomic mass is 35.5. The number of rotatable bonds is 3. The van der Waals surface area contributed by atoms with Gasteiger partial charge < -0.3 is 15.2 Å². The number of carbonyl (C=O) groups is 1. The molecule has 2 N–H and O–H groups in total. The van der Waals surface area contributed by atoms with E-state index in [-0.39, 0.29) is 10.6 Å². The largest absolute Gasteiger partial charge is 0.493 e. The van der Waals surface area contributed by atoms with Crippen molar-refractivity contribution in [1.82, 2.24) is 0 Å². The van der Waals surface area contributed by atoms with Crippen molar-refractivity contribution in [2.75, 3.05) is 14.2 Å². The summed E-state index contributed by atoms with van der Waals surface area (Å²) in [6, 6.07) is 2.93. The molecule has 1 rings (SSSR count). The van der Waals surface area contributed by atoms with Gasteiger partial charge in [0, 0.05) is 6.07 Å². The normalized spacial score (nSPS) is 9.64. The number of amides is 1. The fourth-order valence-corrected chi connectivity index (χ4v) is 1.29. The summed E-state index contributed by atoms with van der Waals surface area (Å²) in [4.78, 5) is 10.9. The predicted molar refractivity (Wildman–Crippen MR) is 53.1 cm³/mol. The van der Waals surface area contributed by atoms with Gasteiger partial charge in [-0.05, 0) is 6.07 Å². The van der Waals surface area contributed by atoms with Gasteiger partial charge in [0.05, 0.1) is 24.8 Å². The maximum Gasteiger partial charge on any atom is 0.250 e. The molecule has 0 atom stereocenters. The van der Waals surface area contributed by atoms with Crippen molar-refractivity contribution in [2.45, 2.75) is 0 Å². The molecular formula is C9H10ClNO3. The summed E-state index contributed by atoms with van der Waals surface area (Å²) in [7, 11) is 2.95. The van der Waals surface area contributed by atoms with Gasteiger partial charge in [-0.1, -0.05) is 11.6 Å². The van der Waals surface area contributed by atoms with Crippen LogP contribution in [-0.4, -0.2) is 20.1 Å². The summed E-state index contributed by atoms with van der Waals surface area (Å²) >= 11 is 5.80. The number of benzene rings is 1. The van der Waals surface area contributed by atoms with Gasteiger partial charge in [-0.15, -0.1) is 0 Å². The molecular weight excluding hydrogens is 206 g/mol. The number of hydrogen-bond acceptors (Lipinski definition) is 3. The van der Waals surface area contributed by atoms with Crippen LogP contribution in [0.15, 0.2) is 12.1 Å². The molecule has 4 nitrogen and oxygen atoms in total. The highest BCUT2D eigenvalue weighted by Gasteiger charge is 2.12. The molecule has 14 heavy (non-hydrogen) atoms. The molecule has 76 valence electrons. The summed E-state index contributed by atoms with van der Waals surface area (Å²) in [6.07, 6.45) is 0. The van der Waals surface area contributed by atoms with Crippen molar-refractivity contribution in [3.63, 3.8) is 0 Å². The zero-order chi connectivity index (χ0) is 10.7. The van der Waals surface area contributed by atoms with Crippen LogP contribution in [0.3, 0.4) is 0 Å². The van der Waals surface area contributed by atoms with E-state index < -0.39 is 5.91 Å². The smallest absolute Gasteiger partial charge is 0.250 e. The SMILES string of the molecule is COc1cc(Cl)c(C(N)=O)cc1OC. The number of primary amides is 1. The highest BCUT2D eigenvalue weighted by Crippen LogP contribution is 2.32. The Kier molecular flexibility index (Phi) is 3.19. The Bertz CT molecular complexity index is 365. The Morgan fingerprint density at radius 1 is 1.29 bits per heavy atom. The zero-order valence-electron chi connectivity index (χ0n) is 7.83. The first-order chi connectivity index (χ1) is 6.60. The Morgan fingerprint density at radius 3 is 2.21 bits per heavy atom. The van der Waals surface area contributed by atoms with Crippen LogP contribution in [0.4, 0.5) is 0 Å². The van der Waals surface area contributed by atoms with E-state index >= 15 is 0 Å². The Hall–Kier alpha value is -1.42. The minimum atomic E-state index is -0.601. The van der Waals surface area contributed by atoms with Crippen LogP contribution in [-0.2, 0) is 0 Å². The van der Waals surface area contributed by atoms with E-state index in [9.17, 15) is 4.79 Å². The van der Waals surface area contributed by atoms with Crippen molar-refractivity contribution in [3.8, 4) is 11.5 Å². The summed E-state index contributed by atoms with van der Waals surface area (Å²) in [5.74, 6) is 0.282. The molecule has 0 heterocycles. The molecule has 0 radical (unpaired) electrons. The predicted octanol–water partition coefficient (Wildman–Crippen LogP) is 1.46. The van der Waals surface area contributed by atoms with Crippen molar-refractivity contribution < 1.29 is 14.3 Å². The number of hydrogen-bond donors (Lipinski definition) is 1. The van der Waals surface area contributed by atoms with Crippen molar-refractivity contribution in [2.24, 2.45) is 5.73 Å². The van der Waals surface area contributed by atoms with Crippen LogP contribution in [0, 0.1) is 0 Å². The fourth-order valence-electron chi connectivity index (χ4n) is 1.04. The lowest BCUT2D eigenvalue weighted by Gasteiger charge is -2.09. The average Bonchev–Trinajstić information content (AvgIpc) is 2.16. The molecule has 5 heteroatoms. The molecule has 0 saturated heterocycles. The summed E-state index contributed by atoms with van der Waals surface area (Å²) < 4.78 is 9.98. The molecule has 0 fully saturated rings. The van der Waals surface area contributed by atoms with E-state index in [1.54, 1.807) is 0 Å². The van der Waals surface area contributed by atoms with E-state index in [0.717, 1.165) is 0 Å². The van der Waals surface area contributed by atoms with E-state index in [2.05, 4.69) is 0 Å². The lowest BCUT2D eigenvalue weighted by molar-refractivity contribution is 0.1000. The number of ether oxygens (including phenoxy) is 2. The fraction of sp³-hybridized carbons (Fsp3) is 0.222. The van der Waals surface area contributed by atoms with Gasteiger partial charge in [0.1, 0.15) is 0 Å². The molecule has 0 aliphatic rings. The zero-order valence-corrected chi connectivity index (χ0v) is 8.59. The van der Waals surface area contributed by atoms with Crippen LogP contribution < -0.4 is 15.2 Å². The maximum absolute atomic E-state index is 10.9. The Labute approximate surface area is 86.6 Å². The standard InChI is InChI=1S/C9H10ClNO3/c1-13-7-3-5(9(11)12)6(10)4-8(7)14-2/h3-4H,1-2H3,(H2,11,12). The third-order valence-electron chi connectivity index (χ3n) is 1.74. The molecule has 0 unspecified atom stereocenters. The van der Waals surface area contributed by atoms with Gasteiger partial charge in [-0.2, -0.15) is 0 Å². The number of halogens is 1. The second-order valence-corrected chi connectivity index (χ2v) is 2.96. The van der Waals surface area contributed by atoms with Gasteiger partial charge in [-0.25, -0.2) is 0 Å². The topological polar surface area (TPSA) is 61.5 Å². The third-order valence-corrected chi connectivity index (χ3v) is 2.05. The van der Waals surface area contributed by atoms with Crippen LogP contribution in [0.1, 0.15) is 10.4 Å². The van der Waals surface area contributed by atoms with Gasteiger partial charge in [0.15, 0.2) is 11.5 Å². The molecule has 1 amide bonds. The monoisotopic (exact) mass is 215 g/mol. The van der Waals surface area contributed by atoms with Crippen molar-refractivity contribution >= 4 is 17.5 Å². The van der Waals surface area contributed by atoms with Crippen LogP contribution in [0.2, 0.25) is 5.02 Å². The lowest BCUT2D eigenvalue weighted by atomic mass is 10.2. The Balaban J connectivity index is 3.30. The van der Waals surface area contributed by atoms with Gasteiger partial charge in [0.25, 0.3) is 0 Å². The maximum atomic E-state index is 10.9. The average molecular weight is 216 g/mol. The second kappa shape index (κ2) is 4.19. The first kappa shape index (κ1) is 10.7. The minimum Gasteiger partial charge on any atom is -0.493 e. The summed E-state index contributed by atoms with van der Waals surface area (Å²) in [5.41, 5.74) is 5.32. The molecule has 1 aromatic carbocycles. The number of nitrogens with two attached hydrogens (primary N) is 1. The van der Waals surface area contributed by atoms with Crippen LogP contribution in [0.5, 0.6) is 11.5 Å². The number of carbonyl (C=O) groups excluding carboxylic acids is 1. The van der Waals surface area contributed by atoms with E-state index in [1.165, 1.54) is 26.4 Å². The van der Waals surface area contributed by atoms with Crippen molar-refractivity contribution in [1.29, 1.82) is 0 Å². The second-order valence-electron chi connectivity index (χ2n) is 2.55. The van der Waals surface area contributed by atoms with Gasteiger partial charge >= 0.3 is 0 Å². The van der Waals surface area contributed by atoms with Crippen molar-refractivity contribution in [3.05, 3.63) is 22.7 Å². The molecule has 0 aliphatic heterocycles. The van der Waals surface area contributed by atoms with Crippen LogP contribution >= 0.6 is 11.6 Å². The molecule has 0 aliphatic carbocycles. The minimum absolute atomic E-state index is 0.212. The Morgan fingerprint density at radius 2 is 1.79 bits per heavy atom. The molecule has 0 saturated carbocycles. The summed E-state index contributed by atoms with van der Waals surface area (Å²) in [5, 5.41) is 0.246. The molecule has 1 aromatic rings. The quantitative estimate of drug-likeness (QED) is 0.830. The lowest BCUT2D eigenvalue weighted by Crippen LogP contribution is -2.11.